The standard InChI is InChI=1S/C45H29NO.C43H29NO.C41H27N3O/c1-45(2)38-22-21-34-33-16-8-10-18-42(33)47-44(34)43(38)37-24-36-32-15-7-9-17-40(32)46(41(36)25-39(37)45)26-19-20-31-29-13-4-3-11-27(29)28-12-5-6-14-30(28)35(31)23-26;1-43(2)34-20-18-30-27-13-6-8-17-39(27)45-42(30)41(34)33-22-32-26-12-5-7-16-36(26)44(38(32)23-35(33)43)37-21-19-29-25-11-4-3-10-24(25)28-14-9-15-31(37)40(28)29;1-41(2)31-21-20-27-26-15-8-11-19-36(26)45-39(27)37(31)30-22-29-25-14-7-10-18-34(25)44(35(29)23-32(30)41)40-42-33-17-9-6-16-28(33)38(43-40)24-12-4-3-5-13-24/h3-25H,1-2H3;3-23,31,40H,1-2H3;3-23H,1-2H3. The molecule has 32 rings (SSSR count). The number of aromatic nitrogens is 5. The molecular formula is C129H85N5O3. The topological polar surface area (TPSA) is 80.0 Å². The highest BCUT2D eigenvalue weighted by Gasteiger charge is 2.45. The molecule has 0 aliphatic heterocycles. The van der Waals surface area contributed by atoms with Crippen molar-refractivity contribution in [1.82, 2.24) is 23.7 Å². The molecular weight excluding hydrogens is 1670 g/mol. The molecule has 0 saturated heterocycles. The van der Waals surface area contributed by atoms with Gasteiger partial charge in [0.1, 0.15) is 33.5 Å². The van der Waals surface area contributed by atoms with Gasteiger partial charge in [0, 0.05) is 132 Å². The van der Waals surface area contributed by atoms with Crippen LogP contribution in [-0.2, 0) is 16.2 Å². The van der Waals surface area contributed by atoms with Crippen molar-refractivity contribution in [2.24, 2.45) is 11.8 Å². The van der Waals surface area contributed by atoms with E-state index in [1.807, 2.05) is 18.2 Å². The van der Waals surface area contributed by atoms with Crippen molar-refractivity contribution in [3.05, 3.63) is 439 Å². The van der Waals surface area contributed by atoms with E-state index in [2.05, 4.69) is 431 Å². The first-order chi connectivity index (χ1) is 67.2. The van der Waals surface area contributed by atoms with Crippen LogP contribution in [0.5, 0.6) is 0 Å². The van der Waals surface area contributed by atoms with Crippen LogP contribution in [0.1, 0.15) is 86.1 Å². The molecule has 0 radical (unpaired) electrons. The normalized spacial score (nSPS) is 15.9. The van der Waals surface area contributed by atoms with E-state index in [0.717, 1.165) is 77.5 Å². The van der Waals surface area contributed by atoms with Gasteiger partial charge in [-0.15, -0.1) is 0 Å². The third kappa shape index (κ3) is 10.4. The van der Waals surface area contributed by atoms with Gasteiger partial charge in [0.25, 0.3) is 0 Å². The van der Waals surface area contributed by atoms with Crippen LogP contribution in [-0.4, -0.2) is 23.7 Å². The van der Waals surface area contributed by atoms with E-state index in [-0.39, 0.29) is 22.2 Å². The van der Waals surface area contributed by atoms with Gasteiger partial charge in [-0.05, 0) is 202 Å². The molecule has 8 nitrogen and oxygen atoms in total. The van der Waals surface area contributed by atoms with Gasteiger partial charge < -0.3 is 22.4 Å². The summed E-state index contributed by atoms with van der Waals surface area (Å²) in [5.41, 5.74) is 39.0. The van der Waals surface area contributed by atoms with E-state index in [4.69, 9.17) is 23.2 Å². The molecule has 0 N–H and O–H groups in total. The quantitative estimate of drug-likeness (QED) is 0.164. The lowest BCUT2D eigenvalue weighted by atomic mass is 9.75. The van der Waals surface area contributed by atoms with Crippen molar-refractivity contribution in [2.45, 2.75) is 57.8 Å². The van der Waals surface area contributed by atoms with Gasteiger partial charge in [-0.3, -0.25) is 4.57 Å². The zero-order valence-electron chi connectivity index (χ0n) is 76.1. The Morgan fingerprint density at radius 2 is 0.628 bits per heavy atom. The molecule has 8 heteroatoms. The summed E-state index contributed by atoms with van der Waals surface area (Å²) in [5, 5.41) is 23.3. The fourth-order valence-corrected chi connectivity index (χ4v) is 25.6. The average Bonchev–Trinajstić information content (AvgIpc) is 1.53. The molecule has 0 spiro atoms. The zero-order chi connectivity index (χ0) is 90.5. The molecule has 137 heavy (non-hydrogen) atoms. The summed E-state index contributed by atoms with van der Waals surface area (Å²) in [6.07, 6.45) is 11.8. The molecule has 644 valence electrons. The Morgan fingerprint density at radius 1 is 0.255 bits per heavy atom. The van der Waals surface area contributed by atoms with Gasteiger partial charge in [0.05, 0.1) is 44.3 Å². The highest BCUT2D eigenvalue weighted by atomic mass is 16.3. The van der Waals surface area contributed by atoms with Crippen molar-refractivity contribution in [3.8, 4) is 56.3 Å². The maximum atomic E-state index is 6.62. The number of hydrogen-bond donors (Lipinski definition) is 0. The summed E-state index contributed by atoms with van der Waals surface area (Å²) >= 11 is 0. The number of allylic oxidation sites excluding steroid dienone is 8. The van der Waals surface area contributed by atoms with E-state index in [9.17, 15) is 0 Å². The average molecular weight is 1750 g/mol. The summed E-state index contributed by atoms with van der Waals surface area (Å²) in [4.78, 5) is 10.5. The summed E-state index contributed by atoms with van der Waals surface area (Å²) in [6, 6.07) is 132. The third-order valence-electron chi connectivity index (χ3n) is 32.0. The van der Waals surface area contributed by atoms with Crippen molar-refractivity contribution in [1.29, 1.82) is 0 Å². The molecule has 0 bridgehead atoms. The highest BCUT2D eigenvalue weighted by molar-refractivity contribution is 6.27. The number of fused-ring (bicyclic) bond motifs is 40. The molecule has 0 fully saturated rings. The van der Waals surface area contributed by atoms with Crippen LogP contribution < -0.4 is 0 Å². The van der Waals surface area contributed by atoms with Crippen LogP contribution in [0.25, 0.3) is 248 Å². The number of benzene rings is 19. The second-order valence-corrected chi connectivity index (χ2v) is 39.9. The Bertz CT molecular complexity index is 10100. The predicted octanol–water partition coefficient (Wildman–Crippen LogP) is 34.2. The minimum absolute atomic E-state index is 0.158. The maximum absolute atomic E-state index is 6.62. The van der Waals surface area contributed by atoms with E-state index in [1.54, 1.807) is 0 Å². The number of rotatable bonds is 4. The number of para-hydroxylation sites is 7. The predicted molar refractivity (Wildman–Crippen MR) is 569 cm³/mol. The summed E-state index contributed by atoms with van der Waals surface area (Å²) in [5.74, 6) is 1.29. The van der Waals surface area contributed by atoms with Gasteiger partial charge in [0.15, 0.2) is 0 Å². The largest absolute Gasteiger partial charge is 0.455 e. The SMILES string of the molecule is CC1(C)c2cc3c(cc2-c2c1ccc1c2oc2ccccc21)c1ccccc1n3-c1ccc2c3ccccc3c3ccccc3c2c1.CC1(C)c2cc3c(cc2-c2c1ccc1c2oc2ccccc21)c1ccccc1n3-c1nc(-c2ccccc2)c2ccccc2n1.CC1(C)c2cc3c(cc2-c2c1ccc1c2oc2ccccc21)c1ccccc1n3C1=CC=C2c3ccccc3C3=CC=CC1C32. The molecule has 6 aliphatic carbocycles. The van der Waals surface area contributed by atoms with Crippen LogP contribution in [0.15, 0.2) is 408 Å². The van der Waals surface area contributed by atoms with Crippen LogP contribution in [0.3, 0.4) is 0 Å². The first-order valence-corrected chi connectivity index (χ1v) is 47.9. The minimum atomic E-state index is -0.216. The van der Waals surface area contributed by atoms with E-state index in [1.165, 1.54) is 209 Å². The summed E-state index contributed by atoms with van der Waals surface area (Å²) < 4.78 is 27.1. The van der Waals surface area contributed by atoms with Gasteiger partial charge in [0.2, 0.25) is 5.95 Å². The Kier molecular flexibility index (Phi) is 15.4. The highest BCUT2D eigenvalue weighted by Crippen LogP contribution is 2.61. The Morgan fingerprint density at radius 3 is 1.12 bits per heavy atom. The van der Waals surface area contributed by atoms with Crippen LogP contribution in [0.4, 0.5) is 0 Å². The second kappa shape index (κ2) is 27.6. The molecule has 0 saturated carbocycles. The maximum Gasteiger partial charge on any atom is 0.235 e. The van der Waals surface area contributed by atoms with Crippen molar-refractivity contribution < 1.29 is 13.3 Å². The number of hydrogen-bond acceptors (Lipinski definition) is 5. The molecule has 0 amide bonds. The first kappa shape index (κ1) is 76.6. The van der Waals surface area contributed by atoms with Gasteiger partial charge in [-0.25, -0.2) is 9.97 Å². The first-order valence-electron chi connectivity index (χ1n) is 47.9. The second-order valence-electron chi connectivity index (χ2n) is 39.9. The van der Waals surface area contributed by atoms with Crippen LogP contribution in [0, 0.1) is 11.8 Å². The Balaban J connectivity index is 0.0000000974. The van der Waals surface area contributed by atoms with Crippen molar-refractivity contribution in [2.75, 3.05) is 0 Å². The van der Waals surface area contributed by atoms with Crippen LogP contribution in [0.2, 0.25) is 0 Å². The molecule has 7 aromatic heterocycles. The van der Waals surface area contributed by atoms with Crippen LogP contribution >= 0.6 is 0 Å². The summed E-state index contributed by atoms with van der Waals surface area (Å²) in [6.45, 7) is 14.1. The van der Waals surface area contributed by atoms with E-state index in [0.29, 0.717) is 11.9 Å². The number of nitrogens with zero attached hydrogens (tertiary/aromatic N) is 5. The lowest BCUT2D eigenvalue weighted by Gasteiger charge is -2.32. The lowest BCUT2D eigenvalue weighted by molar-refractivity contribution is 0.653. The van der Waals surface area contributed by atoms with Gasteiger partial charge >= 0.3 is 0 Å². The molecule has 7 heterocycles. The van der Waals surface area contributed by atoms with E-state index >= 15 is 0 Å². The fourth-order valence-electron chi connectivity index (χ4n) is 25.6. The fraction of sp³-hybridized carbons (Fsp3) is 0.0853. The minimum Gasteiger partial charge on any atom is -0.455 e. The van der Waals surface area contributed by atoms with Gasteiger partial charge in [-0.2, -0.15) is 0 Å². The Labute approximate surface area is 787 Å². The third-order valence-corrected chi connectivity index (χ3v) is 32.0. The summed E-state index contributed by atoms with van der Waals surface area (Å²) in [7, 11) is 0. The molecule has 6 aliphatic rings. The molecule has 26 aromatic rings. The smallest absolute Gasteiger partial charge is 0.235 e. The monoisotopic (exact) mass is 1750 g/mol. The Hall–Kier alpha value is -16.9. The van der Waals surface area contributed by atoms with Crippen molar-refractivity contribution in [3.63, 3.8) is 0 Å². The zero-order valence-corrected chi connectivity index (χ0v) is 76.1. The van der Waals surface area contributed by atoms with Crippen molar-refractivity contribution >= 4 is 191 Å². The lowest BCUT2D eigenvalue weighted by Crippen LogP contribution is -2.21. The van der Waals surface area contributed by atoms with E-state index < -0.39 is 0 Å². The number of furan rings is 3. The van der Waals surface area contributed by atoms with Gasteiger partial charge in [-0.1, -0.05) is 339 Å². The molecule has 2 unspecified atom stereocenters. The molecule has 2 atom stereocenters. The molecule has 19 aromatic carbocycles.